The summed E-state index contributed by atoms with van der Waals surface area (Å²) in [5, 5.41) is 8.49. The molecule has 1 fully saturated rings. The maximum absolute atomic E-state index is 11.8. The first-order chi connectivity index (χ1) is 10.1. The Morgan fingerprint density at radius 2 is 2.19 bits per heavy atom. The van der Waals surface area contributed by atoms with Crippen LogP contribution in [0.5, 0.6) is 0 Å². The van der Waals surface area contributed by atoms with E-state index < -0.39 is 0 Å². The average Bonchev–Trinajstić information content (AvgIpc) is 3.21. The molecule has 2 heterocycles. The molecule has 112 valence electrons. The van der Waals surface area contributed by atoms with Crippen molar-refractivity contribution < 1.29 is 0 Å². The van der Waals surface area contributed by atoms with E-state index in [1.54, 1.807) is 4.57 Å². The quantitative estimate of drug-likeness (QED) is 0.855. The van der Waals surface area contributed by atoms with Gasteiger partial charge in [0.1, 0.15) is 16.0 Å². The van der Waals surface area contributed by atoms with E-state index in [0.717, 1.165) is 42.1 Å². The van der Waals surface area contributed by atoms with Gasteiger partial charge in [-0.05, 0) is 37.9 Å². The van der Waals surface area contributed by atoms with Gasteiger partial charge >= 0.3 is 5.69 Å². The van der Waals surface area contributed by atoms with Crippen molar-refractivity contribution in [3.8, 4) is 0 Å². The fourth-order valence-corrected chi connectivity index (χ4v) is 3.29. The normalized spacial score (nSPS) is 14.6. The number of rotatable bonds is 5. The lowest BCUT2D eigenvalue weighted by atomic mass is 10.3. The Bertz CT molecular complexity index is 722. The van der Waals surface area contributed by atoms with Gasteiger partial charge in [-0.25, -0.2) is 19.9 Å². The van der Waals surface area contributed by atoms with Crippen LogP contribution in [0.4, 0.5) is 0 Å². The first kappa shape index (κ1) is 14.6. The van der Waals surface area contributed by atoms with Crippen LogP contribution in [0.25, 0.3) is 0 Å². The Labute approximate surface area is 131 Å². The third-order valence-electron chi connectivity index (χ3n) is 3.33. The number of aromatic amines is 1. The molecule has 21 heavy (non-hydrogen) atoms. The second-order valence-corrected chi connectivity index (χ2v) is 6.44. The largest absolute Gasteiger partial charge is 0.344 e. The monoisotopic (exact) mass is 325 g/mol. The second kappa shape index (κ2) is 5.81. The van der Waals surface area contributed by atoms with Gasteiger partial charge in [0.25, 0.3) is 0 Å². The van der Waals surface area contributed by atoms with Crippen LogP contribution in [0, 0.1) is 6.92 Å². The van der Waals surface area contributed by atoms with Crippen LogP contribution < -0.4 is 5.69 Å². The molecule has 0 aromatic carbocycles. The second-order valence-electron chi connectivity index (χ2n) is 5.13. The molecule has 0 bridgehead atoms. The molecule has 0 aliphatic heterocycles. The Morgan fingerprint density at radius 3 is 2.86 bits per heavy atom. The van der Waals surface area contributed by atoms with E-state index in [1.807, 2.05) is 6.92 Å². The lowest BCUT2D eigenvalue weighted by Crippen LogP contribution is -2.16. The topological polar surface area (TPSA) is 76.5 Å². The summed E-state index contributed by atoms with van der Waals surface area (Å²) in [6.45, 7) is 3.95. The smallest absolute Gasteiger partial charge is 0.267 e. The summed E-state index contributed by atoms with van der Waals surface area (Å²) in [5.74, 6) is 0.728. The first-order valence-corrected chi connectivity index (χ1v) is 8.17. The molecule has 8 heteroatoms. The minimum Gasteiger partial charge on any atom is -0.267 e. The highest BCUT2D eigenvalue weighted by atomic mass is 35.5. The maximum atomic E-state index is 11.8. The van der Waals surface area contributed by atoms with E-state index >= 15 is 0 Å². The molecule has 0 amide bonds. The van der Waals surface area contributed by atoms with Gasteiger partial charge in [-0.3, -0.25) is 4.57 Å². The van der Waals surface area contributed by atoms with Crippen molar-refractivity contribution in [2.45, 2.75) is 55.8 Å². The van der Waals surface area contributed by atoms with Crippen LogP contribution in [-0.2, 0) is 6.42 Å². The molecule has 1 N–H and O–H groups in total. The summed E-state index contributed by atoms with van der Waals surface area (Å²) >= 11 is 7.55. The van der Waals surface area contributed by atoms with Crippen molar-refractivity contribution in [1.82, 2.24) is 24.7 Å². The molecule has 1 saturated carbocycles. The third kappa shape index (κ3) is 2.98. The molecule has 1 aliphatic carbocycles. The van der Waals surface area contributed by atoms with Crippen LogP contribution in [0.3, 0.4) is 0 Å². The van der Waals surface area contributed by atoms with Crippen LogP contribution in [0.15, 0.2) is 15.0 Å². The Balaban J connectivity index is 1.96. The van der Waals surface area contributed by atoms with Gasteiger partial charge in [-0.1, -0.05) is 18.5 Å². The molecule has 3 rings (SSSR count). The highest BCUT2D eigenvalue weighted by Crippen LogP contribution is 2.38. The summed E-state index contributed by atoms with van der Waals surface area (Å²) in [7, 11) is 0. The zero-order valence-electron chi connectivity index (χ0n) is 11.9. The number of aryl methyl sites for hydroxylation is 1. The fourth-order valence-electron chi connectivity index (χ4n) is 2.05. The number of hydrogen-bond acceptors (Lipinski definition) is 5. The van der Waals surface area contributed by atoms with Gasteiger partial charge in [0, 0.05) is 18.0 Å². The molecule has 2 aromatic heterocycles. The lowest BCUT2D eigenvalue weighted by molar-refractivity contribution is 0.641. The zero-order chi connectivity index (χ0) is 15.0. The van der Waals surface area contributed by atoms with Crippen molar-refractivity contribution >= 4 is 23.4 Å². The van der Waals surface area contributed by atoms with E-state index in [1.165, 1.54) is 11.8 Å². The minimum atomic E-state index is -0.161. The Kier molecular flexibility index (Phi) is 4.03. The number of nitrogens with one attached hydrogen (secondary N) is 1. The van der Waals surface area contributed by atoms with Crippen molar-refractivity contribution in [1.29, 1.82) is 0 Å². The van der Waals surface area contributed by atoms with Crippen LogP contribution in [0.2, 0.25) is 5.15 Å². The molecule has 0 atom stereocenters. The van der Waals surface area contributed by atoms with Crippen molar-refractivity contribution in [2.75, 3.05) is 0 Å². The Hall–Kier alpha value is -1.34. The number of aromatic nitrogens is 5. The van der Waals surface area contributed by atoms with E-state index in [-0.39, 0.29) is 11.7 Å². The lowest BCUT2D eigenvalue weighted by Gasteiger charge is -2.08. The highest BCUT2D eigenvalue weighted by Gasteiger charge is 2.29. The maximum Gasteiger partial charge on any atom is 0.344 e. The molecule has 0 unspecified atom stereocenters. The van der Waals surface area contributed by atoms with Crippen molar-refractivity contribution in [3.63, 3.8) is 0 Å². The average molecular weight is 326 g/mol. The summed E-state index contributed by atoms with van der Waals surface area (Å²) in [6, 6.07) is 0.270. The summed E-state index contributed by atoms with van der Waals surface area (Å²) < 4.78 is 1.71. The van der Waals surface area contributed by atoms with E-state index in [9.17, 15) is 4.79 Å². The number of hydrogen-bond donors (Lipinski definition) is 1. The van der Waals surface area contributed by atoms with Crippen LogP contribution in [0.1, 0.15) is 43.6 Å². The summed E-state index contributed by atoms with van der Waals surface area (Å²) in [4.78, 5) is 20.6. The molecule has 0 radical (unpaired) electrons. The van der Waals surface area contributed by atoms with Crippen LogP contribution >= 0.6 is 23.4 Å². The van der Waals surface area contributed by atoms with Gasteiger partial charge < -0.3 is 0 Å². The Morgan fingerprint density at radius 1 is 1.43 bits per heavy atom. The van der Waals surface area contributed by atoms with Gasteiger partial charge in [0.05, 0.1) is 0 Å². The van der Waals surface area contributed by atoms with E-state index in [4.69, 9.17) is 11.6 Å². The number of nitrogens with zero attached hydrogens (tertiary/aromatic N) is 4. The van der Waals surface area contributed by atoms with E-state index in [2.05, 4.69) is 27.1 Å². The molecular formula is C13H16ClN5OS. The molecule has 1 aliphatic rings. The van der Waals surface area contributed by atoms with E-state index in [0.29, 0.717) is 10.3 Å². The van der Waals surface area contributed by atoms with Gasteiger partial charge in [-0.15, -0.1) is 5.10 Å². The van der Waals surface area contributed by atoms with Gasteiger partial charge in [0.2, 0.25) is 0 Å². The summed E-state index contributed by atoms with van der Waals surface area (Å²) in [6.07, 6.45) is 3.79. The molecule has 0 saturated heterocycles. The van der Waals surface area contributed by atoms with Gasteiger partial charge in [0.15, 0.2) is 5.16 Å². The highest BCUT2D eigenvalue weighted by molar-refractivity contribution is 7.99. The third-order valence-corrected chi connectivity index (χ3v) is 4.76. The predicted molar refractivity (Wildman–Crippen MR) is 81.0 cm³/mol. The molecule has 0 spiro atoms. The summed E-state index contributed by atoms with van der Waals surface area (Å²) in [5.41, 5.74) is 0.658. The van der Waals surface area contributed by atoms with Gasteiger partial charge in [-0.2, -0.15) is 0 Å². The minimum absolute atomic E-state index is 0.161. The predicted octanol–water partition coefficient (Wildman–Crippen LogP) is 2.76. The van der Waals surface area contributed by atoms with Crippen LogP contribution in [-0.4, -0.2) is 24.7 Å². The fraction of sp³-hybridized carbons (Fsp3) is 0.538. The molecule has 2 aromatic rings. The standard InChI is InChI=1S/C13H16ClN5OS/c1-3-4-9-15-10(14)7(2)11(16-9)21-13-18-17-12(20)19(13)8-5-6-8/h8H,3-6H2,1-2H3,(H,17,20). The van der Waals surface area contributed by atoms with Crippen molar-refractivity contribution in [2.24, 2.45) is 0 Å². The first-order valence-electron chi connectivity index (χ1n) is 6.98. The SMILES string of the molecule is CCCc1nc(Cl)c(C)c(Sc2n[nH]c(=O)n2C2CC2)n1. The molecule has 6 nitrogen and oxygen atoms in total. The number of H-pyrrole nitrogens is 1. The van der Waals surface area contributed by atoms with Crippen molar-refractivity contribution in [3.05, 3.63) is 27.0 Å². The molecular weight excluding hydrogens is 310 g/mol. The number of halogens is 1. The zero-order valence-corrected chi connectivity index (χ0v) is 13.5.